The number of carbonyl (C=O) groups is 5. The van der Waals surface area contributed by atoms with Gasteiger partial charge in [0.25, 0.3) is 5.67 Å². The third kappa shape index (κ3) is 9.54. The van der Waals surface area contributed by atoms with Gasteiger partial charge in [-0.25, -0.2) is 14.2 Å². The van der Waals surface area contributed by atoms with Crippen LogP contribution in [0.15, 0.2) is 4.99 Å². The largest absolute Gasteiger partial charge is 0.457 e. The topological polar surface area (TPSA) is 158 Å². The number of carbonyl (C=O) groups excluding carboxylic acids is 5. The van der Waals surface area contributed by atoms with Crippen LogP contribution in [-0.2, 0) is 42.9 Å². The van der Waals surface area contributed by atoms with Crippen LogP contribution >= 0.6 is 0 Å². The van der Waals surface area contributed by atoms with E-state index in [0.29, 0.717) is 12.1 Å². The number of Topliss-reactive ketones (excluding diaryl/α,β-unsaturated/α-hetero) is 2. The van der Waals surface area contributed by atoms with Crippen molar-refractivity contribution in [2.75, 3.05) is 14.1 Å². The molecule has 2 bridgehead atoms. The lowest BCUT2D eigenvalue weighted by molar-refractivity contribution is -0.290. The summed E-state index contributed by atoms with van der Waals surface area (Å²) in [6, 6.07) is -0.334. The number of nitrogens with zero attached hydrogens (tertiary/aromatic N) is 2. The SMILES string of the molecule is CCC(=O)/N=C1\[C@H](C)C[C@@]2(C)CCC(=O)CC[C@H]([C@H]1C)[C@](C)(O)[C@@H](CC)OC(=O)[C@@](C)(F)C(=O)[C@H](C)[C@H]2O[C@@H]1O[C@H](C)C[C@H](N(C)C)[C@H]1OC(C)=O. The number of fused-ring (bicyclic) bond motifs is 5. The van der Waals surface area contributed by atoms with Crippen LogP contribution in [0.2, 0.25) is 0 Å². The summed E-state index contributed by atoms with van der Waals surface area (Å²) in [7, 11) is 3.69. The third-order valence-electron chi connectivity index (χ3n) is 11.9. The number of alkyl halides is 1. The summed E-state index contributed by atoms with van der Waals surface area (Å²) in [4.78, 5) is 73.7. The highest BCUT2D eigenvalue weighted by molar-refractivity contribution is 6.08. The normalized spacial score (nSPS) is 42.2. The molecule has 296 valence electrons. The molecule has 1 saturated carbocycles. The minimum atomic E-state index is -3.14. The predicted octanol–water partition coefficient (Wildman–Crippen LogP) is 5.19. The average Bonchev–Trinajstić information content (AvgIpc) is 3.07. The van der Waals surface area contributed by atoms with Crippen molar-refractivity contribution in [1.82, 2.24) is 4.90 Å². The van der Waals surface area contributed by atoms with Crippen molar-refractivity contribution in [2.24, 2.45) is 34.1 Å². The first-order valence-electron chi connectivity index (χ1n) is 19.0. The quantitative estimate of drug-likeness (QED) is 0.282. The molecule has 0 radical (unpaired) electrons. The van der Waals surface area contributed by atoms with Crippen molar-refractivity contribution in [3.05, 3.63) is 0 Å². The molecule has 3 aliphatic rings. The second-order valence-corrected chi connectivity index (χ2v) is 16.4. The summed E-state index contributed by atoms with van der Waals surface area (Å²) < 4.78 is 41.4. The maximum atomic E-state index is 16.8. The van der Waals surface area contributed by atoms with Crippen LogP contribution in [0.1, 0.15) is 121 Å². The second kappa shape index (κ2) is 17.2. The summed E-state index contributed by atoms with van der Waals surface area (Å²) in [5.41, 5.74) is -5.50. The van der Waals surface area contributed by atoms with Crippen LogP contribution in [0.5, 0.6) is 0 Å². The summed E-state index contributed by atoms with van der Waals surface area (Å²) in [6.45, 7) is 16.0. The Balaban J connectivity index is 2.37. The van der Waals surface area contributed by atoms with Crippen molar-refractivity contribution in [3.63, 3.8) is 0 Å². The molecular weight excluding hydrogens is 675 g/mol. The number of hydrogen-bond donors (Lipinski definition) is 1. The number of ether oxygens (including phenoxy) is 4. The molecule has 0 unspecified atom stereocenters. The van der Waals surface area contributed by atoms with Gasteiger partial charge in [-0.15, -0.1) is 0 Å². The number of aliphatic imine (C=N–C) groups is 1. The van der Waals surface area contributed by atoms with Gasteiger partial charge in [-0.1, -0.05) is 41.5 Å². The molecule has 12 nitrogen and oxygen atoms in total. The molecule has 0 aromatic heterocycles. The van der Waals surface area contributed by atoms with Crippen molar-refractivity contribution in [2.45, 2.75) is 169 Å². The Morgan fingerprint density at radius 3 is 2.23 bits per heavy atom. The number of halogens is 1. The van der Waals surface area contributed by atoms with Gasteiger partial charge in [-0.2, -0.15) is 0 Å². The van der Waals surface area contributed by atoms with E-state index in [1.807, 2.05) is 46.7 Å². The standard InChI is InChI=1S/C39H63FN2O10/c1-13-29-39(10,48)27-16-15-26(44)17-18-37(8,20-21(3)31(23(27)5)41-30(45)14-2)34(24(6)33(46)38(9,40)36(47)51-29)52-35-32(50-25(7)43)28(42(11)12)19-22(4)49-35/h21-24,27-29,32,34-35,48H,13-20H2,1-12H3/b41-31+/t21-,22-,23-,24+,27-,28+,29-,32-,34-,35+,37-,38+,39+/m1/s1. The number of hydrogen-bond acceptors (Lipinski definition) is 11. The monoisotopic (exact) mass is 738 g/mol. The van der Waals surface area contributed by atoms with Crippen molar-refractivity contribution in [1.29, 1.82) is 0 Å². The fourth-order valence-electron chi connectivity index (χ4n) is 8.92. The zero-order valence-electron chi connectivity index (χ0n) is 33.3. The Labute approximate surface area is 308 Å². The molecule has 0 spiro atoms. The van der Waals surface area contributed by atoms with E-state index in [1.165, 1.54) is 20.8 Å². The van der Waals surface area contributed by atoms with E-state index in [2.05, 4.69) is 4.99 Å². The van der Waals surface area contributed by atoms with Crippen LogP contribution in [0.3, 0.4) is 0 Å². The van der Waals surface area contributed by atoms with E-state index >= 15 is 4.39 Å². The molecule has 0 aromatic carbocycles. The smallest absolute Gasteiger partial charge is 0.351 e. The molecule has 2 aliphatic heterocycles. The summed E-state index contributed by atoms with van der Waals surface area (Å²) in [6.07, 6.45) is -3.40. The lowest BCUT2D eigenvalue weighted by Gasteiger charge is -2.48. The number of esters is 2. The number of likely N-dealkylation sites (N-methyl/N-ethyl adjacent to an activating group) is 1. The van der Waals surface area contributed by atoms with Gasteiger partial charge in [0.2, 0.25) is 5.91 Å². The van der Waals surface area contributed by atoms with Crippen LogP contribution in [0, 0.1) is 29.1 Å². The van der Waals surface area contributed by atoms with Crippen LogP contribution < -0.4 is 0 Å². The van der Waals surface area contributed by atoms with Crippen molar-refractivity contribution < 1.29 is 52.4 Å². The molecule has 1 N–H and O–H groups in total. The first kappa shape index (κ1) is 43.8. The van der Waals surface area contributed by atoms with Gasteiger partial charge in [-0.05, 0) is 84.2 Å². The van der Waals surface area contributed by atoms with E-state index in [9.17, 15) is 29.1 Å². The first-order valence-corrected chi connectivity index (χ1v) is 19.0. The molecule has 0 aromatic rings. The van der Waals surface area contributed by atoms with E-state index in [-0.39, 0.29) is 68.8 Å². The molecular formula is C39H63FN2O10. The fourth-order valence-corrected chi connectivity index (χ4v) is 8.92. The minimum absolute atomic E-state index is 0.0806. The Kier molecular flexibility index (Phi) is 14.5. The molecule has 2 saturated heterocycles. The van der Waals surface area contributed by atoms with Gasteiger partial charge >= 0.3 is 11.9 Å². The Bertz CT molecular complexity index is 1360. The number of aliphatic hydroxyl groups is 1. The number of amides is 1. The fraction of sp³-hybridized carbons (Fsp3) is 0.846. The third-order valence-corrected chi connectivity index (χ3v) is 11.9. The molecule has 1 aliphatic carbocycles. The lowest BCUT2D eigenvalue weighted by atomic mass is 9.65. The highest BCUT2D eigenvalue weighted by Crippen LogP contribution is 2.47. The van der Waals surface area contributed by atoms with Crippen molar-refractivity contribution >= 4 is 35.1 Å². The van der Waals surface area contributed by atoms with Crippen LogP contribution in [-0.4, -0.2) is 107 Å². The maximum Gasteiger partial charge on any atom is 0.351 e. The molecule has 3 rings (SSSR count). The number of cyclic esters (lactones) is 1. The Hall–Kier alpha value is -2.61. The summed E-state index contributed by atoms with van der Waals surface area (Å²) in [5.74, 6) is -6.61. The van der Waals surface area contributed by atoms with Gasteiger partial charge in [-0.3, -0.25) is 19.2 Å². The van der Waals surface area contributed by atoms with E-state index in [0.717, 1.165) is 6.92 Å². The van der Waals surface area contributed by atoms with E-state index in [4.69, 9.17) is 18.9 Å². The number of rotatable bonds is 6. The highest BCUT2D eigenvalue weighted by atomic mass is 19.1. The molecule has 1 amide bonds. The zero-order valence-corrected chi connectivity index (χ0v) is 33.3. The Morgan fingerprint density at radius 1 is 1.04 bits per heavy atom. The predicted molar refractivity (Wildman–Crippen MR) is 192 cm³/mol. The van der Waals surface area contributed by atoms with Gasteiger partial charge in [0.05, 0.1) is 18.2 Å². The summed E-state index contributed by atoms with van der Waals surface area (Å²) in [5, 5.41) is 12.2. The number of ketones is 2. The molecule has 13 heteroatoms. The van der Waals surface area contributed by atoms with Gasteiger partial charge in [0.1, 0.15) is 17.5 Å². The van der Waals surface area contributed by atoms with E-state index < -0.39 is 82.7 Å². The van der Waals surface area contributed by atoms with Crippen molar-refractivity contribution in [3.8, 4) is 0 Å². The van der Waals surface area contributed by atoms with E-state index in [1.54, 1.807) is 13.8 Å². The first-order chi connectivity index (χ1) is 24.0. The maximum absolute atomic E-state index is 16.8. The summed E-state index contributed by atoms with van der Waals surface area (Å²) >= 11 is 0. The molecule has 13 atom stereocenters. The second-order valence-electron chi connectivity index (χ2n) is 16.4. The zero-order chi connectivity index (χ0) is 39.5. The molecule has 2 heterocycles. The average molecular weight is 739 g/mol. The lowest BCUT2D eigenvalue weighted by Crippen LogP contribution is -2.60. The Morgan fingerprint density at radius 2 is 1.67 bits per heavy atom. The highest BCUT2D eigenvalue weighted by Gasteiger charge is 2.56. The minimum Gasteiger partial charge on any atom is -0.457 e. The molecule has 3 fully saturated rings. The van der Waals surface area contributed by atoms with Gasteiger partial charge in [0, 0.05) is 43.7 Å². The molecule has 52 heavy (non-hydrogen) atoms. The van der Waals surface area contributed by atoms with Crippen LogP contribution in [0.25, 0.3) is 0 Å². The van der Waals surface area contributed by atoms with Gasteiger partial charge < -0.3 is 29.0 Å². The van der Waals surface area contributed by atoms with Gasteiger partial charge in [0.15, 0.2) is 18.2 Å². The van der Waals surface area contributed by atoms with Crippen LogP contribution in [0.4, 0.5) is 4.39 Å².